The van der Waals surface area contributed by atoms with Gasteiger partial charge >= 0.3 is 5.97 Å². The lowest BCUT2D eigenvalue weighted by atomic mass is 10.1. The zero-order chi connectivity index (χ0) is 11.2. The first kappa shape index (κ1) is 13.4. The number of sulfone groups is 1. The summed E-state index contributed by atoms with van der Waals surface area (Å²) in [6.45, 7) is 3.89. The molecular formula is C9H18O4S. The van der Waals surface area contributed by atoms with Crippen molar-refractivity contribution >= 4 is 15.8 Å². The summed E-state index contributed by atoms with van der Waals surface area (Å²) in [5.74, 6) is -1.02. The van der Waals surface area contributed by atoms with E-state index in [2.05, 4.69) is 0 Å². The SMILES string of the molecule is CCC(CC)CS(=O)(=O)CCC(=O)O. The molecular weight excluding hydrogens is 204 g/mol. The Hall–Kier alpha value is -0.580. The average Bonchev–Trinajstić information content (AvgIpc) is 2.11. The number of carbonyl (C=O) groups is 1. The Morgan fingerprint density at radius 1 is 1.29 bits per heavy atom. The zero-order valence-corrected chi connectivity index (χ0v) is 9.51. The largest absolute Gasteiger partial charge is 0.481 e. The molecule has 0 spiro atoms. The summed E-state index contributed by atoms with van der Waals surface area (Å²) in [6, 6.07) is 0. The Bertz CT molecular complexity index is 265. The van der Waals surface area contributed by atoms with E-state index in [1.165, 1.54) is 0 Å². The standard InChI is InChI=1S/C9H18O4S/c1-3-8(4-2)7-14(12,13)6-5-9(10)11/h8H,3-7H2,1-2H3,(H,10,11). The van der Waals surface area contributed by atoms with Crippen molar-refractivity contribution in [2.75, 3.05) is 11.5 Å². The van der Waals surface area contributed by atoms with E-state index in [4.69, 9.17) is 5.11 Å². The molecule has 0 aliphatic rings. The molecule has 0 aromatic carbocycles. The van der Waals surface area contributed by atoms with Crippen molar-refractivity contribution in [2.24, 2.45) is 5.92 Å². The molecule has 0 aromatic heterocycles. The quantitative estimate of drug-likeness (QED) is 0.705. The molecule has 0 fully saturated rings. The fourth-order valence-electron chi connectivity index (χ4n) is 1.21. The molecule has 0 bridgehead atoms. The minimum atomic E-state index is -3.18. The third kappa shape index (κ3) is 5.96. The van der Waals surface area contributed by atoms with Crippen LogP contribution in [0.15, 0.2) is 0 Å². The molecule has 0 heterocycles. The highest BCUT2D eigenvalue weighted by molar-refractivity contribution is 7.91. The van der Waals surface area contributed by atoms with E-state index in [1.54, 1.807) is 0 Å². The molecule has 0 unspecified atom stereocenters. The van der Waals surface area contributed by atoms with Gasteiger partial charge in [0.1, 0.15) is 0 Å². The lowest BCUT2D eigenvalue weighted by Gasteiger charge is -2.11. The van der Waals surface area contributed by atoms with Gasteiger partial charge in [0.05, 0.1) is 17.9 Å². The number of carboxylic acids is 1. The van der Waals surface area contributed by atoms with Gasteiger partial charge in [-0.05, 0) is 5.92 Å². The Kier molecular flexibility index (Phi) is 5.76. The smallest absolute Gasteiger partial charge is 0.304 e. The van der Waals surface area contributed by atoms with Crippen molar-refractivity contribution in [3.8, 4) is 0 Å². The van der Waals surface area contributed by atoms with Crippen LogP contribution in [0.1, 0.15) is 33.1 Å². The lowest BCUT2D eigenvalue weighted by molar-refractivity contribution is -0.136. The van der Waals surface area contributed by atoms with Crippen molar-refractivity contribution in [1.29, 1.82) is 0 Å². The van der Waals surface area contributed by atoms with E-state index in [0.29, 0.717) is 0 Å². The number of rotatable bonds is 7. The van der Waals surface area contributed by atoms with Crippen molar-refractivity contribution in [3.05, 3.63) is 0 Å². The lowest BCUT2D eigenvalue weighted by Crippen LogP contribution is -2.19. The average molecular weight is 222 g/mol. The fourth-order valence-corrected chi connectivity index (χ4v) is 3.05. The van der Waals surface area contributed by atoms with Gasteiger partial charge in [-0.25, -0.2) is 8.42 Å². The van der Waals surface area contributed by atoms with Crippen molar-refractivity contribution in [1.82, 2.24) is 0 Å². The molecule has 0 rings (SSSR count). The van der Waals surface area contributed by atoms with Crippen LogP contribution in [0, 0.1) is 5.92 Å². The van der Waals surface area contributed by atoms with Gasteiger partial charge in [0.2, 0.25) is 0 Å². The van der Waals surface area contributed by atoms with Crippen LogP contribution in [-0.2, 0) is 14.6 Å². The molecule has 5 heteroatoms. The Morgan fingerprint density at radius 2 is 1.79 bits per heavy atom. The van der Waals surface area contributed by atoms with Crippen LogP contribution in [0.4, 0.5) is 0 Å². The molecule has 0 saturated heterocycles. The fraction of sp³-hybridized carbons (Fsp3) is 0.889. The summed E-state index contributed by atoms with van der Waals surface area (Å²) in [4.78, 5) is 10.2. The number of aliphatic carboxylic acids is 1. The first-order chi connectivity index (χ1) is 6.41. The van der Waals surface area contributed by atoms with E-state index >= 15 is 0 Å². The number of hydrogen-bond donors (Lipinski definition) is 1. The molecule has 0 radical (unpaired) electrons. The molecule has 0 amide bonds. The van der Waals surface area contributed by atoms with E-state index in [9.17, 15) is 13.2 Å². The van der Waals surface area contributed by atoms with Crippen molar-refractivity contribution in [3.63, 3.8) is 0 Å². The van der Waals surface area contributed by atoms with Gasteiger partial charge in [0.25, 0.3) is 0 Å². The molecule has 0 saturated carbocycles. The Labute approximate surface area is 85.2 Å². The maximum Gasteiger partial charge on any atom is 0.304 e. The second kappa shape index (κ2) is 6.01. The number of carboxylic acid groups (broad SMARTS) is 1. The molecule has 0 aromatic rings. The Balaban J connectivity index is 4.13. The van der Waals surface area contributed by atoms with Crippen LogP contribution in [0.2, 0.25) is 0 Å². The number of hydrogen-bond acceptors (Lipinski definition) is 3. The van der Waals surface area contributed by atoms with Crippen LogP contribution < -0.4 is 0 Å². The van der Waals surface area contributed by atoms with Gasteiger partial charge in [0.15, 0.2) is 9.84 Å². The molecule has 0 atom stereocenters. The van der Waals surface area contributed by atoms with Crippen molar-refractivity contribution in [2.45, 2.75) is 33.1 Å². The predicted molar refractivity (Wildman–Crippen MR) is 55.0 cm³/mol. The highest BCUT2D eigenvalue weighted by Gasteiger charge is 2.17. The van der Waals surface area contributed by atoms with E-state index in [-0.39, 0.29) is 23.8 Å². The van der Waals surface area contributed by atoms with Gasteiger partial charge in [-0.3, -0.25) is 4.79 Å². The normalized spacial score (nSPS) is 11.9. The third-order valence-corrected chi connectivity index (χ3v) is 4.08. The second-order valence-electron chi connectivity index (χ2n) is 3.44. The van der Waals surface area contributed by atoms with Crippen LogP contribution in [0.25, 0.3) is 0 Å². The first-order valence-corrected chi connectivity index (χ1v) is 6.65. The van der Waals surface area contributed by atoms with Gasteiger partial charge in [-0.2, -0.15) is 0 Å². The summed E-state index contributed by atoms with van der Waals surface area (Å²) in [5, 5.41) is 8.36. The first-order valence-electron chi connectivity index (χ1n) is 4.83. The van der Waals surface area contributed by atoms with E-state index in [0.717, 1.165) is 12.8 Å². The van der Waals surface area contributed by atoms with Gasteiger partial charge in [-0.15, -0.1) is 0 Å². The zero-order valence-electron chi connectivity index (χ0n) is 8.69. The predicted octanol–water partition coefficient (Wildman–Crippen LogP) is 1.31. The summed E-state index contributed by atoms with van der Waals surface area (Å²) in [7, 11) is -3.18. The topological polar surface area (TPSA) is 71.4 Å². The summed E-state index contributed by atoms with van der Waals surface area (Å²) >= 11 is 0. The second-order valence-corrected chi connectivity index (χ2v) is 5.67. The van der Waals surface area contributed by atoms with Gasteiger partial charge in [0, 0.05) is 0 Å². The molecule has 4 nitrogen and oxygen atoms in total. The Morgan fingerprint density at radius 3 is 2.14 bits per heavy atom. The third-order valence-electron chi connectivity index (χ3n) is 2.27. The van der Waals surface area contributed by atoms with E-state index < -0.39 is 15.8 Å². The monoisotopic (exact) mass is 222 g/mol. The van der Waals surface area contributed by atoms with Crippen molar-refractivity contribution < 1.29 is 18.3 Å². The summed E-state index contributed by atoms with van der Waals surface area (Å²) < 4.78 is 22.8. The molecule has 0 aliphatic heterocycles. The summed E-state index contributed by atoms with van der Waals surface area (Å²) in [5.41, 5.74) is 0. The highest BCUT2D eigenvalue weighted by atomic mass is 32.2. The highest BCUT2D eigenvalue weighted by Crippen LogP contribution is 2.11. The van der Waals surface area contributed by atoms with E-state index in [1.807, 2.05) is 13.8 Å². The molecule has 0 aliphatic carbocycles. The van der Waals surface area contributed by atoms with Crippen LogP contribution >= 0.6 is 0 Å². The molecule has 84 valence electrons. The maximum absolute atomic E-state index is 11.4. The van der Waals surface area contributed by atoms with Gasteiger partial charge in [-0.1, -0.05) is 26.7 Å². The maximum atomic E-state index is 11.4. The van der Waals surface area contributed by atoms with Crippen LogP contribution in [-0.4, -0.2) is 31.0 Å². The minimum Gasteiger partial charge on any atom is -0.481 e. The van der Waals surface area contributed by atoms with Gasteiger partial charge < -0.3 is 5.11 Å². The summed E-state index contributed by atoms with van der Waals surface area (Å²) in [6.07, 6.45) is 1.36. The van der Waals surface area contributed by atoms with Crippen LogP contribution in [0.5, 0.6) is 0 Å². The minimum absolute atomic E-state index is 0.118. The molecule has 14 heavy (non-hydrogen) atoms. The van der Waals surface area contributed by atoms with Crippen LogP contribution in [0.3, 0.4) is 0 Å². The molecule has 1 N–H and O–H groups in total.